The molecule has 0 aromatic heterocycles. The molecular weight excluding hydrogens is 448 g/mol. The van der Waals surface area contributed by atoms with Crippen LogP contribution in [0.3, 0.4) is 0 Å². The molecular formula is C23H50O9Si. The van der Waals surface area contributed by atoms with Crippen molar-refractivity contribution < 1.29 is 41.7 Å². The Morgan fingerprint density at radius 1 is 0.424 bits per heavy atom. The molecule has 0 amide bonds. The molecule has 0 fully saturated rings. The van der Waals surface area contributed by atoms with Crippen LogP contribution in [-0.2, 0) is 41.7 Å². The van der Waals surface area contributed by atoms with E-state index in [9.17, 15) is 0 Å². The summed E-state index contributed by atoms with van der Waals surface area (Å²) in [6.07, 6.45) is 7.16. The van der Waals surface area contributed by atoms with Gasteiger partial charge in [0.25, 0.3) is 0 Å². The molecule has 0 unspecified atom stereocenters. The molecule has 0 radical (unpaired) electrons. The quantitative estimate of drug-likeness (QED) is 0.119. The maximum atomic E-state index is 6.26. The molecule has 0 rings (SSSR count). The Labute approximate surface area is 203 Å². The van der Waals surface area contributed by atoms with E-state index in [1.807, 2.05) is 0 Å². The Bertz CT molecular complexity index is 308. The Morgan fingerprint density at radius 2 is 0.788 bits per heavy atom. The van der Waals surface area contributed by atoms with Crippen LogP contribution in [0, 0.1) is 0 Å². The highest BCUT2D eigenvalue weighted by atomic mass is 28.4. The van der Waals surface area contributed by atoms with Crippen LogP contribution < -0.4 is 0 Å². The van der Waals surface area contributed by atoms with Crippen molar-refractivity contribution >= 4 is 8.80 Å². The van der Waals surface area contributed by atoms with Crippen LogP contribution in [0.15, 0.2) is 0 Å². The van der Waals surface area contributed by atoms with E-state index >= 15 is 0 Å². The molecule has 0 aliphatic heterocycles. The van der Waals surface area contributed by atoms with Gasteiger partial charge in [0, 0.05) is 27.4 Å². The van der Waals surface area contributed by atoms with Crippen LogP contribution >= 0.6 is 0 Å². The normalized spacial score (nSPS) is 12.0. The smallest absolute Gasteiger partial charge is 0.382 e. The Morgan fingerprint density at radius 3 is 1.18 bits per heavy atom. The Hall–Kier alpha value is -0.143. The van der Waals surface area contributed by atoms with E-state index in [1.54, 1.807) is 21.3 Å². The Kier molecular flexibility index (Phi) is 26.3. The zero-order chi connectivity index (χ0) is 24.3. The molecule has 0 bridgehead atoms. The fourth-order valence-electron chi connectivity index (χ4n) is 2.96. The molecule has 0 saturated heterocycles. The monoisotopic (exact) mass is 498 g/mol. The summed E-state index contributed by atoms with van der Waals surface area (Å²) >= 11 is 0. The molecule has 33 heavy (non-hydrogen) atoms. The average molecular weight is 499 g/mol. The minimum absolute atomic E-state index is 0.417. The summed E-state index contributed by atoms with van der Waals surface area (Å²) in [5, 5.41) is 0. The van der Waals surface area contributed by atoms with Crippen molar-refractivity contribution in [3.05, 3.63) is 0 Å². The lowest BCUT2D eigenvalue weighted by Gasteiger charge is -2.30. The molecule has 10 heteroatoms. The number of hydrogen-bond donors (Lipinski definition) is 0. The van der Waals surface area contributed by atoms with E-state index in [0.29, 0.717) is 79.3 Å². The average Bonchev–Trinajstić information content (AvgIpc) is 2.83. The molecule has 0 N–H and O–H groups in total. The summed E-state index contributed by atoms with van der Waals surface area (Å²) in [4.78, 5) is 0. The van der Waals surface area contributed by atoms with Crippen LogP contribution in [0.1, 0.15) is 45.4 Å². The van der Waals surface area contributed by atoms with E-state index in [1.165, 1.54) is 25.7 Å². The van der Waals surface area contributed by atoms with Crippen molar-refractivity contribution in [3.8, 4) is 0 Å². The number of hydrogen-bond acceptors (Lipinski definition) is 9. The van der Waals surface area contributed by atoms with Gasteiger partial charge in [-0.1, -0.05) is 39.0 Å². The predicted molar refractivity (Wildman–Crippen MR) is 130 cm³/mol. The van der Waals surface area contributed by atoms with Gasteiger partial charge in [0.05, 0.1) is 79.3 Å². The van der Waals surface area contributed by atoms with Gasteiger partial charge in [0.1, 0.15) is 0 Å². The maximum absolute atomic E-state index is 6.26. The maximum Gasteiger partial charge on any atom is 0.501 e. The largest absolute Gasteiger partial charge is 0.501 e. The van der Waals surface area contributed by atoms with Crippen molar-refractivity contribution in [2.75, 3.05) is 101 Å². The van der Waals surface area contributed by atoms with Gasteiger partial charge in [0.15, 0.2) is 0 Å². The van der Waals surface area contributed by atoms with Crippen LogP contribution in [0.25, 0.3) is 0 Å². The van der Waals surface area contributed by atoms with Gasteiger partial charge >= 0.3 is 8.80 Å². The van der Waals surface area contributed by atoms with E-state index in [-0.39, 0.29) is 0 Å². The minimum Gasteiger partial charge on any atom is -0.382 e. The fourth-order valence-corrected chi connectivity index (χ4v) is 5.51. The van der Waals surface area contributed by atoms with E-state index in [2.05, 4.69) is 6.92 Å². The second-order valence-electron chi connectivity index (χ2n) is 7.56. The first-order chi connectivity index (χ1) is 16.2. The summed E-state index contributed by atoms with van der Waals surface area (Å²) in [7, 11) is 2.07. The third-order valence-electron chi connectivity index (χ3n) is 4.78. The van der Waals surface area contributed by atoms with Crippen molar-refractivity contribution in [1.29, 1.82) is 0 Å². The fraction of sp³-hybridized carbons (Fsp3) is 1.00. The lowest BCUT2D eigenvalue weighted by atomic mass is 10.1. The second-order valence-corrected chi connectivity index (χ2v) is 10.3. The molecule has 0 spiro atoms. The van der Waals surface area contributed by atoms with Crippen LogP contribution in [-0.4, -0.2) is 109 Å². The number of methoxy groups -OCH3 is 3. The topological polar surface area (TPSA) is 83.1 Å². The van der Waals surface area contributed by atoms with E-state index in [4.69, 9.17) is 41.7 Å². The van der Waals surface area contributed by atoms with Gasteiger partial charge in [-0.15, -0.1) is 0 Å². The third-order valence-corrected chi connectivity index (χ3v) is 7.68. The lowest BCUT2D eigenvalue weighted by Crippen LogP contribution is -2.48. The van der Waals surface area contributed by atoms with Gasteiger partial charge in [-0.05, 0) is 6.42 Å². The molecule has 0 aromatic rings. The predicted octanol–water partition coefficient (Wildman–Crippen LogP) is 3.32. The van der Waals surface area contributed by atoms with Crippen molar-refractivity contribution in [2.24, 2.45) is 0 Å². The zero-order valence-corrected chi connectivity index (χ0v) is 22.6. The Balaban J connectivity index is 4.74. The van der Waals surface area contributed by atoms with Gasteiger partial charge < -0.3 is 41.7 Å². The van der Waals surface area contributed by atoms with Crippen molar-refractivity contribution in [3.63, 3.8) is 0 Å². The van der Waals surface area contributed by atoms with Gasteiger partial charge in [-0.25, -0.2) is 0 Å². The number of ether oxygens (including phenoxy) is 6. The van der Waals surface area contributed by atoms with Gasteiger partial charge in [-0.2, -0.15) is 0 Å². The SMILES string of the molecule is CCCCCCCC[Si](OCCOCCOC)(OCCOCCOC)OCCOCCOC. The highest BCUT2D eigenvalue weighted by molar-refractivity contribution is 6.60. The molecule has 9 nitrogen and oxygen atoms in total. The lowest BCUT2D eigenvalue weighted by molar-refractivity contribution is -0.0112. The molecule has 0 saturated carbocycles. The molecule has 0 heterocycles. The van der Waals surface area contributed by atoms with Crippen molar-refractivity contribution in [2.45, 2.75) is 51.5 Å². The molecule has 200 valence electrons. The van der Waals surface area contributed by atoms with Crippen LogP contribution in [0.5, 0.6) is 0 Å². The second kappa shape index (κ2) is 26.5. The van der Waals surface area contributed by atoms with Crippen molar-refractivity contribution in [1.82, 2.24) is 0 Å². The highest BCUT2D eigenvalue weighted by Crippen LogP contribution is 2.21. The summed E-state index contributed by atoms with van der Waals surface area (Å²) in [6.45, 7) is 8.17. The summed E-state index contributed by atoms with van der Waals surface area (Å²) < 4.78 is 50.5. The third kappa shape index (κ3) is 22.1. The highest BCUT2D eigenvalue weighted by Gasteiger charge is 2.40. The van der Waals surface area contributed by atoms with Gasteiger partial charge in [-0.3, -0.25) is 0 Å². The number of unbranched alkanes of at least 4 members (excludes halogenated alkanes) is 5. The van der Waals surface area contributed by atoms with Crippen LogP contribution in [0.4, 0.5) is 0 Å². The zero-order valence-electron chi connectivity index (χ0n) is 21.6. The van der Waals surface area contributed by atoms with Gasteiger partial charge in [0.2, 0.25) is 0 Å². The summed E-state index contributed by atoms with van der Waals surface area (Å²) in [6, 6.07) is 0.771. The first-order valence-corrected chi connectivity index (χ1v) is 14.3. The molecule has 0 aliphatic carbocycles. The molecule has 0 aromatic carbocycles. The summed E-state index contributed by atoms with van der Waals surface area (Å²) in [5.41, 5.74) is 0. The molecule has 0 aliphatic rings. The first-order valence-electron chi connectivity index (χ1n) is 12.4. The summed E-state index contributed by atoms with van der Waals surface area (Å²) in [5.74, 6) is 0. The minimum atomic E-state index is -2.90. The first kappa shape index (κ1) is 32.9. The van der Waals surface area contributed by atoms with Crippen LogP contribution in [0.2, 0.25) is 6.04 Å². The molecule has 0 atom stereocenters. The van der Waals surface area contributed by atoms with E-state index < -0.39 is 8.80 Å². The van der Waals surface area contributed by atoms with E-state index in [0.717, 1.165) is 18.9 Å². The standard InChI is InChI=1S/C23H50O9Si/c1-5-6-7-8-9-10-23-33(30-20-17-27-14-11-24-2,31-21-18-28-15-12-25-3)32-22-19-29-16-13-26-4/h5-23H2,1-4H3. The number of rotatable bonds is 28.